The first-order valence-corrected chi connectivity index (χ1v) is 49.9. The molecule has 0 aromatic heterocycles. The molecule has 0 spiro atoms. The maximum absolute atomic E-state index is 12.1. The molecule has 0 unspecified atom stereocenters. The Morgan fingerprint density at radius 1 is 0.370 bits per heavy atom. The number of benzene rings is 9. The highest BCUT2D eigenvalue weighted by Gasteiger charge is 2.44. The first kappa shape index (κ1) is 113. The predicted molar refractivity (Wildman–Crippen MR) is 576 cm³/mol. The quantitative estimate of drug-likeness (QED) is 0.0273. The van der Waals surface area contributed by atoms with Gasteiger partial charge in [0, 0.05) is 102 Å². The number of hydrogen-bond acceptors (Lipinski definition) is 14. The lowest BCUT2D eigenvalue weighted by Gasteiger charge is -2.33. The highest BCUT2D eigenvalue weighted by molar-refractivity contribution is 9.11. The fourth-order valence-electron chi connectivity index (χ4n) is 15.9. The van der Waals surface area contributed by atoms with Gasteiger partial charge in [-0.1, -0.05) is 305 Å². The van der Waals surface area contributed by atoms with Gasteiger partial charge in [0.15, 0.2) is 0 Å². The van der Waals surface area contributed by atoms with Crippen molar-refractivity contribution in [1.29, 1.82) is 0 Å². The number of aryl methyl sites for hydroxylation is 1. The van der Waals surface area contributed by atoms with Crippen LogP contribution in [0.1, 0.15) is 211 Å². The van der Waals surface area contributed by atoms with Gasteiger partial charge in [0.25, 0.3) is 0 Å². The highest BCUT2D eigenvalue weighted by atomic mass is 79.9. The second-order valence-corrected chi connectivity index (χ2v) is 39.1. The van der Waals surface area contributed by atoms with Gasteiger partial charge in [-0.05, 0) is 255 Å². The molecule has 0 saturated heterocycles. The summed E-state index contributed by atoms with van der Waals surface area (Å²) in [5, 5.41) is 5.69. The van der Waals surface area contributed by atoms with Gasteiger partial charge in [-0.2, -0.15) is 0 Å². The molecular formula is C115H146Br4N2O14. The lowest BCUT2D eigenvalue weighted by atomic mass is 9.71. The van der Waals surface area contributed by atoms with E-state index < -0.39 is 11.7 Å². The number of unbranched alkanes of at least 4 members (excludes halogenated alkanes) is 2. The van der Waals surface area contributed by atoms with Gasteiger partial charge in [-0.15, -0.1) is 0 Å². The number of allylic oxidation sites excluding steroid dienone is 1. The summed E-state index contributed by atoms with van der Waals surface area (Å²) in [5.74, 6) is 1.57. The summed E-state index contributed by atoms with van der Waals surface area (Å²) in [4.78, 5) is 23.7. The van der Waals surface area contributed by atoms with E-state index in [1.165, 1.54) is 61.2 Å². The van der Waals surface area contributed by atoms with E-state index in [1.54, 1.807) is 28.4 Å². The van der Waals surface area contributed by atoms with Crippen molar-refractivity contribution < 1.29 is 66.4 Å². The minimum absolute atomic E-state index is 0. The van der Waals surface area contributed by atoms with E-state index in [0.717, 1.165) is 159 Å². The molecule has 2 N–H and O–H groups in total. The lowest BCUT2D eigenvalue weighted by molar-refractivity contribution is -0.126. The fourth-order valence-corrected chi connectivity index (χ4v) is 17.9. The third-order valence-corrected chi connectivity index (χ3v) is 24.4. The summed E-state index contributed by atoms with van der Waals surface area (Å²) in [6.45, 7) is 34.2. The van der Waals surface area contributed by atoms with Crippen molar-refractivity contribution in [2.45, 2.75) is 156 Å². The number of amides is 2. The average Bonchev–Trinajstić information content (AvgIpc) is 1.55. The van der Waals surface area contributed by atoms with Crippen LogP contribution in [0.4, 0.5) is 4.79 Å². The number of halogens is 4. The summed E-state index contributed by atoms with van der Waals surface area (Å²) >= 11 is 14.3. The zero-order valence-electron chi connectivity index (χ0n) is 80.9. The van der Waals surface area contributed by atoms with Crippen LogP contribution in [0.3, 0.4) is 0 Å². The highest BCUT2D eigenvalue weighted by Crippen LogP contribution is 2.56. The topological polar surface area (TPSA) is 169 Å². The van der Waals surface area contributed by atoms with Gasteiger partial charge in [-0.3, -0.25) is 4.79 Å². The molecule has 2 aliphatic rings. The maximum atomic E-state index is 12.1. The van der Waals surface area contributed by atoms with Crippen LogP contribution in [-0.2, 0) is 63.0 Å². The molecule has 728 valence electrons. The minimum Gasteiger partial charge on any atom is -0.494 e. The Morgan fingerprint density at radius 2 is 0.748 bits per heavy atom. The Kier molecular flexibility index (Phi) is 51.7. The van der Waals surface area contributed by atoms with E-state index in [4.69, 9.17) is 56.8 Å². The number of nitrogens with one attached hydrogen (secondary N) is 2. The fraction of sp³-hybridized carbons (Fsp3) is 0.409. The SMILES string of the molecule is C.C/C=C/c1ccc(/C=C/c2ccc(/C=C/c3ccc(/C=C/c4ccc5c(c4)C(CCCOCCOC)(CCCOCCOC)c4cc(C)ccc4-5)cc3)cc2OCCCCNC(=O)OC(C)(C)C)cc1.C=Cc1ccc(C=C)cc1.CC(C)(C)COCC(=O)NCCCCOc1cc(Br)cc(Br)c1.COCCOCCCC1(CCCOCCOC)c2cc(Br)ccc2-c2ccc(Br)cc21. The molecule has 9 aromatic rings. The molecule has 16 nitrogen and oxygen atoms in total. The lowest BCUT2D eigenvalue weighted by Crippen LogP contribution is -2.33. The van der Waals surface area contributed by atoms with Crippen molar-refractivity contribution in [2.75, 3.05) is 147 Å². The first-order chi connectivity index (χ1) is 64.7. The molecule has 2 amide bonds. The van der Waals surface area contributed by atoms with Gasteiger partial charge in [0.05, 0.1) is 72.7 Å². The zero-order valence-corrected chi connectivity index (χ0v) is 87.3. The Hall–Kier alpha value is -8.68. The average molecular weight is 2100 g/mol. The van der Waals surface area contributed by atoms with Crippen molar-refractivity contribution in [2.24, 2.45) is 5.41 Å². The van der Waals surface area contributed by atoms with Gasteiger partial charge in [-0.25, -0.2) is 4.79 Å². The molecule has 0 aliphatic heterocycles. The van der Waals surface area contributed by atoms with Crippen LogP contribution >= 0.6 is 63.7 Å². The van der Waals surface area contributed by atoms with Gasteiger partial charge in [0.2, 0.25) is 5.91 Å². The molecule has 9 aromatic carbocycles. The summed E-state index contributed by atoms with van der Waals surface area (Å²) in [6.07, 6.45) is 31.6. The van der Waals surface area contributed by atoms with Crippen molar-refractivity contribution >= 4 is 130 Å². The normalized spacial score (nSPS) is 12.6. The van der Waals surface area contributed by atoms with Crippen LogP contribution in [0, 0.1) is 12.3 Å². The number of fused-ring (bicyclic) bond motifs is 6. The minimum atomic E-state index is -0.526. The van der Waals surface area contributed by atoms with Crippen molar-refractivity contribution in [3.05, 3.63) is 297 Å². The van der Waals surface area contributed by atoms with Crippen LogP contribution in [-0.4, -0.2) is 165 Å². The Balaban J connectivity index is 0.000000310. The van der Waals surface area contributed by atoms with Gasteiger partial charge < -0.3 is 67.5 Å². The van der Waals surface area contributed by atoms with Crippen LogP contribution in [0.2, 0.25) is 0 Å². The van der Waals surface area contributed by atoms with E-state index in [1.807, 2.05) is 88.4 Å². The second-order valence-electron chi connectivity index (χ2n) is 35.5. The molecule has 0 fully saturated rings. The van der Waals surface area contributed by atoms with Crippen molar-refractivity contribution in [3.8, 4) is 33.8 Å². The summed E-state index contributed by atoms with van der Waals surface area (Å²) in [7, 11) is 6.83. The van der Waals surface area contributed by atoms with Crippen molar-refractivity contribution in [1.82, 2.24) is 10.6 Å². The zero-order chi connectivity index (χ0) is 96.4. The Labute approximate surface area is 840 Å². The first-order valence-electron chi connectivity index (χ1n) is 46.8. The Morgan fingerprint density at radius 3 is 1.19 bits per heavy atom. The number of hydrogen-bond donors (Lipinski definition) is 2. The maximum Gasteiger partial charge on any atom is 0.407 e. The molecular weight excluding hydrogens is 1950 g/mol. The molecule has 0 heterocycles. The molecule has 0 saturated carbocycles. The van der Waals surface area contributed by atoms with E-state index in [0.29, 0.717) is 99.0 Å². The molecule has 0 atom stereocenters. The van der Waals surface area contributed by atoms with Gasteiger partial charge >= 0.3 is 6.09 Å². The Bertz CT molecular complexity index is 5030. The predicted octanol–water partition coefficient (Wildman–Crippen LogP) is 28.9. The number of carbonyl (C=O) groups is 2. The van der Waals surface area contributed by atoms with Crippen LogP contribution in [0.25, 0.3) is 76.9 Å². The molecule has 135 heavy (non-hydrogen) atoms. The summed E-state index contributed by atoms with van der Waals surface area (Å²) < 4.78 is 71.2. The van der Waals surface area contributed by atoms with Gasteiger partial charge in [0.1, 0.15) is 23.7 Å². The molecule has 20 heteroatoms. The van der Waals surface area contributed by atoms with E-state index in [-0.39, 0.29) is 36.2 Å². The number of alkyl carbamates (subject to hydrolysis) is 1. The number of carbonyl (C=O) groups excluding carboxylic acids is 2. The van der Waals surface area contributed by atoms with E-state index in [2.05, 4.69) is 297 Å². The standard InChI is InChI=1S/C62H75NO7.C25H32Br2O4.C17H25Br2NO3.C10H10.CH4/c1-8-13-48-15-17-51(18-16-48)27-30-54-31-28-53(46-59(54)69-39-10-9-36-63-60(64)70-61(3,4)5)26-24-50-21-19-49(20-22-50)23-25-52-29-33-56-55-32-14-47(2)44-57(55)62(58(56)45-52,34-11-37-67-42-40-65-6)35-12-38-68-43-41-66-7;1-28-13-15-30-11-3-9-25(10-4-12-31-16-14-29-2)23-17-19(26)5-7-21(23)22-8-6-20(27)18-24(22)25;1-17(2,3)12-22-11-16(21)20-6-4-5-7-23-15-9-13(18)8-14(19)10-15;1-3-9-5-7-10(4-2)8-6-9;/h8,13-33,44-46H,9-12,34-43H2,1-7H3,(H,63,64);5-8,17-18H,3-4,9-16H2,1-2H3;8-10H,4-7,11-12H2,1-3H3,(H,20,21);3-8H,1-2H2;1H4/b13-8+,25-23+,26-24+,30-27+;;;;. The molecule has 11 rings (SSSR count). The molecule has 0 radical (unpaired) electrons. The smallest absolute Gasteiger partial charge is 0.407 e. The number of rotatable bonds is 52. The van der Waals surface area contributed by atoms with Crippen LogP contribution < -0.4 is 20.1 Å². The third kappa shape index (κ3) is 40.0. The number of ether oxygens (including phenoxy) is 12. The molecule has 2 aliphatic carbocycles. The van der Waals surface area contributed by atoms with Crippen LogP contribution in [0.5, 0.6) is 11.5 Å². The third-order valence-electron chi connectivity index (χ3n) is 22.5. The number of methoxy groups -OCH3 is 4. The van der Waals surface area contributed by atoms with Crippen molar-refractivity contribution in [3.63, 3.8) is 0 Å². The monoisotopic (exact) mass is 2090 g/mol. The van der Waals surface area contributed by atoms with E-state index in [9.17, 15) is 9.59 Å². The molecule has 0 bridgehead atoms. The summed E-state index contributed by atoms with van der Waals surface area (Å²) in [6, 6.07) is 64.7. The second kappa shape index (κ2) is 61.6. The largest absolute Gasteiger partial charge is 0.494 e. The van der Waals surface area contributed by atoms with Crippen LogP contribution in [0.15, 0.2) is 219 Å². The summed E-state index contributed by atoms with van der Waals surface area (Å²) in [5.41, 5.74) is 21.6. The van der Waals surface area contributed by atoms with E-state index >= 15 is 0 Å².